The number of carbonyl (C=O) groups excluding carboxylic acids is 1. The lowest BCUT2D eigenvalue weighted by molar-refractivity contribution is -0.148. The van der Waals surface area contributed by atoms with Crippen LogP contribution in [0.5, 0.6) is 0 Å². The first-order chi connectivity index (χ1) is 9.79. The highest BCUT2D eigenvalue weighted by Gasteiger charge is 2.34. The predicted octanol–water partition coefficient (Wildman–Crippen LogP) is 0.510. The number of aliphatic hydroxyl groups excluding tert-OH is 1. The summed E-state index contributed by atoms with van der Waals surface area (Å²) in [5.74, 6) is -0.361. The maximum absolute atomic E-state index is 12.4. The van der Waals surface area contributed by atoms with E-state index >= 15 is 0 Å². The maximum Gasteiger partial charge on any atom is 0.435 e. The van der Waals surface area contributed by atoms with E-state index in [2.05, 4.69) is 5.10 Å². The van der Waals surface area contributed by atoms with E-state index < -0.39 is 18.0 Å². The molecule has 2 atom stereocenters. The molecule has 0 radical (unpaired) electrons. The van der Waals surface area contributed by atoms with Crippen molar-refractivity contribution in [1.82, 2.24) is 14.7 Å². The molecule has 0 saturated carbocycles. The van der Waals surface area contributed by atoms with Crippen LogP contribution in [0.3, 0.4) is 0 Å². The molecule has 0 aromatic carbocycles. The lowest BCUT2D eigenvalue weighted by Crippen LogP contribution is -2.51. The average Bonchev–Trinajstić information content (AvgIpc) is 2.86. The maximum atomic E-state index is 12.4. The summed E-state index contributed by atoms with van der Waals surface area (Å²) < 4.78 is 43.6. The zero-order valence-corrected chi connectivity index (χ0v) is 11.4. The van der Waals surface area contributed by atoms with E-state index in [-0.39, 0.29) is 31.7 Å². The smallest absolute Gasteiger partial charge is 0.394 e. The number of ether oxygens (including phenoxy) is 1. The SMILES string of the molecule is CC1CN(C(=O)Cn2ccc(C(F)(F)F)n2)CC(CO)O1. The van der Waals surface area contributed by atoms with Crippen LogP contribution in [-0.4, -0.2) is 57.6 Å². The minimum absolute atomic E-state index is 0.214. The number of aromatic nitrogens is 2. The second kappa shape index (κ2) is 6.02. The van der Waals surface area contributed by atoms with E-state index in [0.717, 1.165) is 16.9 Å². The minimum atomic E-state index is -4.52. The van der Waals surface area contributed by atoms with E-state index in [9.17, 15) is 18.0 Å². The van der Waals surface area contributed by atoms with Gasteiger partial charge in [0, 0.05) is 19.3 Å². The highest BCUT2D eigenvalue weighted by atomic mass is 19.4. The topological polar surface area (TPSA) is 67.6 Å². The van der Waals surface area contributed by atoms with Crippen molar-refractivity contribution < 1.29 is 27.8 Å². The Kier molecular flexibility index (Phi) is 4.52. The third kappa shape index (κ3) is 3.94. The quantitative estimate of drug-likeness (QED) is 0.883. The van der Waals surface area contributed by atoms with E-state index in [1.54, 1.807) is 6.92 Å². The van der Waals surface area contributed by atoms with Gasteiger partial charge in [-0.05, 0) is 13.0 Å². The number of morpholine rings is 1. The Hall–Kier alpha value is -1.61. The monoisotopic (exact) mass is 307 g/mol. The van der Waals surface area contributed by atoms with Crippen LogP contribution in [0.25, 0.3) is 0 Å². The molecule has 1 aliphatic rings. The summed E-state index contributed by atoms with van der Waals surface area (Å²) in [6, 6.07) is 0.825. The molecule has 1 aromatic heterocycles. The lowest BCUT2D eigenvalue weighted by Gasteiger charge is -2.36. The number of aliphatic hydroxyl groups is 1. The summed E-state index contributed by atoms with van der Waals surface area (Å²) in [6.45, 7) is 1.82. The molecule has 1 aliphatic heterocycles. The van der Waals surface area contributed by atoms with Crippen LogP contribution in [0.15, 0.2) is 12.3 Å². The van der Waals surface area contributed by atoms with Gasteiger partial charge < -0.3 is 14.7 Å². The van der Waals surface area contributed by atoms with Crippen molar-refractivity contribution >= 4 is 5.91 Å². The van der Waals surface area contributed by atoms with Gasteiger partial charge in [0.2, 0.25) is 5.91 Å². The largest absolute Gasteiger partial charge is 0.435 e. The zero-order valence-electron chi connectivity index (χ0n) is 11.4. The van der Waals surface area contributed by atoms with Gasteiger partial charge >= 0.3 is 6.18 Å². The Morgan fingerprint density at radius 2 is 2.24 bits per heavy atom. The van der Waals surface area contributed by atoms with Crippen LogP contribution in [0.2, 0.25) is 0 Å². The summed E-state index contributed by atoms with van der Waals surface area (Å²) in [5, 5.41) is 12.4. The average molecular weight is 307 g/mol. The van der Waals surface area contributed by atoms with Gasteiger partial charge in [-0.2, -0.15) is 18.3 Å². The second-order valence-electron chi connectivity index (χ2n) is 4.95. The van der Waals surface area contributed by atoms with Gasteiger partial charge in [-0.25, -0.2) is 0 Å². The molecule has 2 rings (SSSR count). The van der Waals surface area contributed by atoms with Gasteiger partial charge in [-0.1, -0.05) is 0 Å². The van der Waals surface area contributed by atoms with Gasteiger partial charge in [-0.3, -0.25) is 9.48 Å². The van der Waals surface area contributed by atoms with Gasteiger partial charge in [0.05, 0.1) is 18.8 Å². The Morgan fingerprint density at radius 1 is 1.52 bits per heavy atom. The summed E-state index contributed by atoms with van der Waals surface area (Å²) in [4.78, 5) is 13.5. The number of rotatable bonds is 3. The molecule has 2 heterocycles. The van der Waals surface area contributed by atoms with Gasteiger partial charge in [0.15, 0.2) is 5.69 Å². The van der Waals surface area contributed by atoms with Crippen LogP contribution in [-0.2, 0) is 22.3 Å². The standard InChI is InChI=1S/C12H16F3N3O3/c1-8-4-17(5-9(7-19)21-8)11(20)6-18-3-2-10(16-18)12(13,14)15/h2-3,8-9,19H,4-7H2,1H3. The third-order valence-corrected chi connectivity index (χ3v) is 3.11. The molecule has 6 nitrogen and oxygen atoms in total. The number of halogens is 3. The van der Waals surface area contributed by atoms with Crippen LogP contribution < -0.4 is 0 Å². The lowest BCUT2D eigenvalue weighted by atomic mass is 10.2. The first kappa shape index (κ1) is 15.8. The molecule has 0 aliphatic carbocycles. The fourth-order valence-electron chi connectivity index (χ4n) is 2.19. The van der Waals surface area contributed by atoms with Crippen molar-refractivity contribution in [3.63, 3.8) is 0 Å². The van der Waals surface area contributed by atoms with Crippen LogP contribution >= 0.6 is 0 Å². The Balaban J connectivity index is 1.99. The Bertz CT molecular complexity index is 503. The van der Waals surface area contributed by atoms with Crippen molar-refractivity contribution in [3.8, 4) is 0 Å². The first-order valence-electron chi connectivity index (χ1n) is 6.44. The fourth-order valence-corrected chi connectivity index (χ4v) is 2.19. The molecule has 0 bridgehead atoms. The number of hydrogen-bond donors (Lipinski definition) is 1. The number of carbonyl (C=O) groups is 1. The molecule has 1 saturated heterocycles. The molecule has 9 heteroatoms. The summed E-state index contributed by atoms with van der Waals surface area (Å²) in [6.07, 6.45) is -4.11. The molecule has 1 fully saturated rings. The normalized spacial score (nSPS) is 23.4. The molecule has 1 N–H and O–H groups in total. The van der Waals surface area contributed by atoms with Crippen molar-refractivity contribution in [2.24, 2.45) is 0 Å². The highest BCUT2D eigenvalue weighted by Crippen LogP contribution is 2.27. The highest BCUT2D eigenvalue weighted by molar-refractivity contribution is 5.76. The number of amides is 1. The number of nitrogens with zero attached hydrogens (tertiary/aromatic N) is 3. The fraction of sp³-hybridized carbons (Fsp3) is 0.667. The van der Waals surface area contributed by atoms with Crippen molar-refractivity contribution in [2.75, 3.05) is 19.7 Å². The molecule has 0 spiro atoms. The van der Waals surface area contributed by atoms with E-state index in [1.165, 1.54) is 4.90 Å². The molecule has 21 heavy (non-hydrogen) atoms. The summed E-state index contributed by atoms with van der Waals surface area (Å²) >= 11 is 0. The van der Waals surface area contributed by atoms with Crippen molar-refractivity contribution in [1.29, 1.82) is 0 Å². The summed E-state index contributed by atoms with van der Waals surface area (Å²) in [7, 11) is 0. The molecule has 118 valence electrons. The Morgan fingerprint density at radius 3 is 2.81 bits per heavy atom. The van der Waals surface area contributed by atoms with Crippen LogP contribution in [0.4, 0.5) is 13.2 Å². The van der Waals surface area contributed by atoms with E-state index in [0.29, 0.717) is 6.54 Å². The molecular formula is C12H16F3N3O3. The van der Waals surface area contributed by atoms with E-state index in [4.69, 9.17) is 9.84 Å². The van der Waals surface area contributed by atoms with E-state index in [1.807, 2.05) is 0 Å². The Labute approximate surface area is 119 Å². The second-order valence-corrected chi connectivity index (χ2v) is 4.95. The van der Waals surface area contributed by atoms with Gasteiger partial charge in [-0.15, -0.1) is 0 Å². The van der Waals surface area contributed by atoms with Crippen molar-refractivity contribution in [3.05, 3.63) is 18.0 Å². The zero-order chi connectivity index (χ0) is 15.6. The molecule has 2 unspecified atom stereocenters. The molecule has 1 aromatic rings. The first-order valence-corrected chi connectivity index (χ1v) is 6.44. The van der Waals surface area contributed by atoms with Gasteiger partial charge in [0.25, 0.3) is 0 Å². The third-order valence-electron chi connectivity index (χ3n) is 3.11. The van der Waals surface area contributed by atoms with Crippen LogP contribution in [0, 0.1) is 0 Å². The predicted molar refractivity (Wildman–Crippen MR) is 65.2 cm³/mol. The number of alkyl halides is 3. The summed E-state index contributed by atoms with van der Waals surface area (Å²) in [5.41, 5.74) is -1.03. The van der Waals surface area contributed by atoms with Crippen LogP contribution in [0.1, 0.15) is 12.6 Å². The van der Waals surface area contributed by atoms with Crippen molar-refractivity contribution in [2.45, 2.75) is 31.9 Å². The molecular weight excluding hydrogens is 291 g/mol. The van der Waals surface area contributed by atoms with Gasteiger partial charge in [0.1, 0.15) is 6.54 Å². The minimum Gasteiger partial charge on any atom is -0.394 e. The number of hydrogen-bond acceptors (Lipinski definition) is 4. The molecule has 1 amide bonds.